The van der Waals surface area contributed by atoms with Gasteiger partial charge in [0.25, 0.3) is 5.91 Å². The van der Waals surface area contributed by atoms with Crippen molar-refractivity contribution in [3.8, 4) is 0 Å². The van der Waals surface area contributed by atoms with Gasteiger partial charge in [-0.2, -0.15) is 0 Å². The van der Waals surface area contributed by atoms with Gasteiger partial charge < -0.3 is 15.2 Å². The maximum absolute atomic E-state index is 12.4. The van der Waals surface area contributed by atoms with Crippen LogP contribution >= 0.6 is 50.9 Å². The van der Waals surface area contributed by atoms with Crippen LogP contribution in [0.25, 0.3) is 0 Å². The highest BCUT2D eigenvalue weighted by Crippen LogP contribution is 2.23. The molecule has 2 aromatic carbocycles. The van der Waals surface area contributed by atoms with E-state index in [2.05, 4.69) is 36.8 Å². The third-order valence-electron chi connectivity index (χ3n) is 4.49. The van der Waals surface area contributed by atoms with Crippen LogP contribution in [0.15, 0.2) is 46.0 Å². The molecule has 32 heavy (non-hydrogen) atoms. The van der Waals surface area contributed by atoms with Crippen molar-refractivity contribution in [1.29, 1.82) is 0 Å². The molecule has 2 amide bonds. The molecule has 168 valence electrons. The van der Waals surface area contributed by atoms with Crippen molar-refractivity contribution in [2.75, 3.05) is 11.1 Å². The van der Waals surface area contributed by atoms with Gasteiger partial charge in [0.15, 0.2) is 11.0 Å². The van der Waals surface area contributed by atoms with Gasteiger partial charge in [0.2, 0.25) is 5.91 Å². The Bertz CT molecular complexity index is 1160. The lowest BCUT2D eigenvalue weighted by Crippen LogP contribution is -2.24. The highest BCUT2D eigenvalue weighted by Gasteiger charge is 2.15. The lowest BCUT2D eigenvalue weighted by Gasteiger charge is -2.10. The van der Waals surface area contributed by atoms with E-state index in [0.29, 0.717) is 33.1 Å². The summed E-state index contributed by atoms with van der Waals surface area (Å²) >= 11 is 16.6. The number of amides is 2. The largest absolute Gasteiger partial charge is 0.345 e. The number of aryl methyl sites for hydroxylation is 1. The summed E-state index contributed by atoms with van der Waals surface area (Å²) in [6, 6.07) is 10.4. The molecule has 0 bridgehead atoms. The Kier molecular flexibility index (Phi) is 8.58. The van der Waals surface area contributed by atoms with Gasteiger partial charge in [-0.05, 0) is 55.8 Å². The van der Waals surface area contributed by atoms with E-state index >= 15 is 0 Å². The summed E-state index contributed by atoms with van der Waals surface area (Å²) in [4.78, 5) is 24.8. The van der Waals surface area contributed by atoms with Gasteiger partial charge in [0.05, 0.1) is 22.3 Å². The van der Waals surface area contributed by atoms with Crippen LogP contribution < -0.4 is 10.6 Å². The molecule has 0 atom stereocenters. The Morgan fingerprint density at radius 1 is 1.12 bits per heavy atom. The molecule has 0 aliphatic carbocycles. The Hall–Kier alpha value is -2.07. The maximum atomic E-state index is 12.4. The molecule has 1 heterocycles. The summed E-state index contributed by atoms with van der Waals surface area (Å²) in [5.74, 6) is 0.337. The van der Waals surface area contributed by atoms with Crippen LogP contribution in [-0.2, 0) is 17.9 Å². The Labute approximate surface area is 208 Å². The van der Waals surface area contributed by atoms with Crippen molar-refractivity contribution < 1.29 is 9.59 Å². The smallest absolute Gasteiger partial charge is 0.251 e. The summed E-state index contributed by atoms with van der Waals surface area (Å²) in [7, 11) is 0. The first kappa shape index (κ1) is 24.6. The Morgan fingerprint density at radius 2 is 1.91 bits per heavy atom. The second-order valence-electron chi connectivity index (χ2n) is 6.75. The lowest BCUT2D eigenvalue weighted by atomic mass is 10.2. The van der Waals surface area contributed by atoms with Gasteiger partial charge in [0.1, 0.15) is 0 Å². The molecule has 0 fully saturated rings. The van der Waals surface area contributed by atoms with Gasteiger partial charge in [0, 0.05) is 22.3 Å². The number of nitrogens with one attached hydrogen (secondary N) is 2. The summed E-state index contributed by atoms with van der Waals surface area (Å²) in [5, 5.41) is 15.3. The third-order valence-corrected chi connectivity index (χ3v) is 6.69. The van der Waals surface area contributed by atoms with Gasteiger partial charge in [-0.1, -0.05) is 50.9 Å². The zero-order chi connectivity index (χ0) is 23.3. The van der Waals surface area contributed by atoms with Crippen LogP contribution in [0.2, 0.25) is 10.0 Å². The molecule has 1 aromatic heterocycles. The fraction of sp³-hybridized carbons (Fsp3) is 0.238. The van der Waals surface area contributed by atoms with Crippen LogP contribution in [0.4, 0.5) is 5.69 Å². The highest BCUT2D eigenvalue weighted by molar-refractivity contribution is 9.10. The minimum Gasteiger partial charge on any atom is -0.345 e. The zero-order valence-corrected chi connectivity index (χ0v) is 21.2. The number of benzene rings is 2. The second-order valence-corrected chi connectivity index (χ2v) is 9.42. The first-order valence-electron chi connectivity index (χ1n) is 9.62. The molecule has 11 heteroatoms. The normalized spacial score (nSPS) is 10.8. The molecule has 3 rings (SSSR count). The summed E-state index contributed by atoms with van der Waals surface area (Å²) in [6.07, 6.45) is 0. The monoisotopic (exact) mass is 555 g/mol. The van der Waals surface area contributed by atoms with E-state index in [1.165, 1.54) is 17.8 Å². The van der Waals surface area contributed by atoms with E-state index in [1.807, 2.05) is 36.6 Å². The Morgan fingerprint density at radius 3 is 2.59 bits per heavy atom. The van der Waals surface area contributed by atoms with E-state index in [-0.39, 0.29) is 24.1 Å². The van der Waals surface area contributed by atoms with Gasteiger partial charge in [-0.3, -0.25) is 9.59 Å². The third kappa shape index (κ3) is 6.25. The first-order valence-corrected chi connectivity index (χ1v) is 12.2. The van der Waals surface area contributed by atoms with Crippen LogP contribution in [0.3, 0.4) is 0 Å². The van der Waals surface area contributed by atoms with Gasteiger partial charge in [-0.15, -0.1) is 10.2 Å². The number of carbonyl (C=O) groups excluding carboxylic acids is 2. The quantitative estimate of drug-likeness (QED) is 0.366. The second kappa shape index (κ2) is 11.2. The number of anilines is 1. The van der Waals surface area contributed by atoms with E-state index < -0.39 is 0 Å². The predicted molar refractivity (Wildman–Crippen MR) is 132 cm³/mol. The number of thioether (sulfide) groups is 1. The van der Waals surface area contributed by atoms with Crippen LogP contribution in [0, 0.1) is 6.92 Å². The van der Waals surface area contributed by atoms with Crippen molar-refractivity contribution in [2.24, 2.45) is 0 Å². The number of carbonyl (C=O) groups is 2. The zero-order valence-electron chi connectivity index (χ0n) is 17.3. The average Bonchev–Trinajstić information content (AvgIpc) is 3.16. The number of hydrogen-bond acceptors (Lipinski definition) is 5. The van der Waals surface area contributed by atoms with Crippen molar-refractivity contribution in [2.45, 2.75) is 32.1 Å². The molecule has 0 spiro atoms. The first-order chi connectivity index (χ1) is 15.3. The molecule has 2 N–H and O–H groups in total. The van der Waals surface area contributed by atoms with Gasteiger partial charge >= 0.3 is 0 Å². The van der Waals surface area contributed by atoms with Crippen molar-refractivity contribution >= 4 is 68.4 Å². The van der Waals surface area contributed by atoms with E-state index in [1.54, 1.807) is 12.1 Å². The molecule has 7 nitrogen and oxygen atoms in total. The molecule has 0 aliphatic heterocycles. The molecule has 3 aromatic rings. The molecular formula is C21H20BrCl2N5O2S. The van der Waals surface area contributed by atoms with Crippen LogP contribution in [0.5, 0.6) is 0 Å². The van der Waals surface area contributed by atoms with E-state index in [4.69, 9.17) is 23.2 Å². The molecule has 0 saturated carbocycles. The summed E-state index contributed by atoms with van der Waals surface area (Å²) < 4.78 is 2.81. The van der Waals surface area contributed by atoms with Crippen molar-refractivity contribution in [1.82, 2.24) is 20.1 Å². The number of halogens is 3. The standard InChI is InChI=1S/C21H20BrCl2N5O2S/c1-3-29-18(10-25-20(31)13-4-6-15(23)16(24)9-13)27-28-21(29)32-11-19(30)26-17-7-5-14(22)8-12(17)2/h4-9H,3,10-11H2,1-2H3,(H,25,31)(H,26,30). The van der Waals surface area contributed by atoms with Gasteiger partial charge in [-0.25, -0.2) is 0 Å². The number of aromatic nitrogens is 3. The minimum absolute atomic E-state index is 0.138. The number of rotatable bonds is 8. The van der Waals surface area contributed by atoms with Crippen LogP contribution in [-0.4, -0.2) is 32.3 Å². The SMILES string of the molecule is CCn1c(CNC(=O)c2ccc(Cl)c(Cl)c2)nnc1SCC(=O)Nc1ccc(Br)cc1C. The highest BCUT2D eigenvalue weighted by atomic mass is 79.9. The average molecular weight is 557 g/mol. The fourth-order valence-electron chi connectivity index (χ4n) is 2.86. The maximum Gasteiger partial charge on any atom is 0.251 e. The lowest BCUT2D eigenvalue weighted by molar-refractivity contribution is -0.113. The van der Waals surface area contributed by atoms with Crippen molar-refractivity contribution in [3.63, 3.8) is 0 Å². The minimum atomic E-state index is -0.298. The van der Waals surface area contributed by atoms with Crippen molar-refractivity contribution in [3.05, 3.63) is 67.9 Å². The number of nitrogens with zero attached hydrogens (tertiary/aromatic N) is 3. The van der Waals surface area contributed by atoms with E-state index in [0.717, 1.165) is 15.7 Å². The summed E-state index contributed by atoms with van der Waals surface area (Å²) in [6.45, 7) is 4.66. The number of hydrogen-bond donors (Lipinski definition) is 2. The van der Waals surface area contributed by atoms with Crippen LogP contribution in [0.1, 0.15) is 28.7 Å². The molecule has 0 saturated heterocycles. The molecule has 0 unspecified atom stereocenters. The topological polar surface area (TPSA) is 88.9 Å². The predicted octanol–water partition coefficient (Wildman–Crippen LogP) is 5.34. The fourth-order valence-corrected chi connectivity index (χ4v) is 4.45. The molecular weight excluding hydrogens is 537 g/mol. The molecule has 0 radical (unpaired) electrons. The van der Waals surface area contributed by atoms with E-state index in [9.17, 15) is 9.59 Å². The summed E-state index contributed by atoms with van der Waals surface area (Å²) in [5.41, 5.74) is 2.13. The Balaban J connectivity index is 1.58. The molecule has 0 aliphatic rings.